The molecule has 0 amide bonds. The Morgan fingerprint density at radius 1 is 1.24 bits per heavy atom. The number of rotatable bonds is 2. The number of hydrogen-bond donors (Lipinski definition) is 0. The first kappa shape index (κ1) is 14.8. The van der Waals surface area contributed by atoms with Gasteiger partial charge in [-0.05, 0) is 50.2 Å². The lowest BCUT2D eigenvalue weighted by atomic mass is 9.80. The van der Waals surface area contributed by atoms with E-state index in [9.17, 15) is 4.39 Å². The van der Waals surface area contributed by atoms with Crippen LogP contribution in [0.4, 0.5) is 4.39 Å². The molecule has 3 unspecified atom stereocenters. The van der Waals surface area contributed by atoms with Crippen LogP contribution in [0, 0.1) is 17.7 Å². The highest BCUT2D eigenvalue weighted by Crippen LogP contribution is 2.40. The van der Waals surface area contributed by atoms with Crippen molar-refractivity contribution in [1.82, 2.24) is 9.55 Å². The van der Waals surface area contributed by atoms with Crippen molar-refractivity contribution in [2.24, 2.45) is 11.8 Å². The van der Waals surface area contributed by atoms with Crippen LogP contribution in [0.3, 0.4) is 0 Å². The third kappa shape index (κ3) is 2.80. The van der Waals surface area contributed by atoms with Gasteiger partial charge in [-0.3, -0.25) is 0 Å². The molecule has 3 atom stereocenters. The lowest BCUT2D eigenvalue weighted by molar-refractivity contribution is 0.221. The summed E-state index contributed by atoms with van der Waals surface area (Å²) in [6.07, 6.45) is 3.57. The summed E-state index contributed by atoms with van der Waals surface area (Å²) in [6, 6.07) is 5.27. The van der Waals surface area contributed by atoms with Crippen LogP contribution in [0.2, 0.25) is 0 Å². The average molecular weight is 309 g/mol. The molecule has 2 nitrogen and oxygen atoms in total. The van der Waals surface area contributed by atoms with Crippen LogP contribution < -0.4 is 0 Å². The molecule has 21 heavy (non-hydrogen) atoms. The SMILES string of the molecule is CC1CC(C)CC(n2c(C(C)Cl)nc3cc(F)ccc32)C1. The monoisotopic (exact) mass is 308 g/mol. The minimum atomic E-state index is -0.244. The second-order valence-corrected chi connectivity index (χ2v) is 7.31. The maximum absolute atomic E-state index is 13.5. The normalized spacial score (nSPS) is 28.0. The Bertz CT molecular complexity index is 640. The van der Waals surface area contributed by atoms with Gasteiger partial charge in [-0.2, -0.15) is 0 Å². The van der Waals surface area contributed by atoms with Gasteiger partial charge in [0.15, 0.2) is 0 Å². The maximum atomic E-state index is 13.5. The van der Waals surface area contributed by atoms with Crippen molar-refractivity contribution in [3.05, 3.63) is 29.8 Å². The molecule has 3 rings (SSSR count). The molecule has 1 fully saturated rings. The molecule has 1 heterocycles. The van der Waals surface area contributed by atoms with Crippen molar-refractivity contribution in [2.75, 3.05) is 0 Å². The number of imidazole rings is 1. The first-order valence-corrected chi connectivity index (χ1v) is 8.20. The van der Waals surface area contributed by atoms with Crippen molar-refractivity contribution in [3.63, 3.8) is 0 Å². The summed E-state index contributed by atoms with van der Waals surface area (Å²) in [5.74, 6) is 2.03. The molecule has 0 spiro atoms. The maximum Gasteiger partial charge on any atom is 0.127 e. The fraction of sp³-hybridized carbons (Fsp3) is 0.588. The minimum absolute atomic E-state index is 0.173. The van der Waals surface area contributed by atoms with Gasteiger partial charge in [-0.15, -0.1) is 11.6 Å². The van der Waals surface area contributed by atoms with Gasteiger partial charge in [0.25, 0.3) is 0 Å². The highest BCUT2D eigenvalue weighted by molar-refractivity contribution is 6.20. The van der Waals surface area contributed by atoms with Crippen molar-refractivity contribution in [2.45, 2.75) is 51.5 Å². The largest absolute Gasteiger partial charge is 0.324 e. The number of aromatic nitrogens is 2. The molecular formula is C17H22ClFN2. The quantitative estimate of drug-likeness (QED) is 0.672. The van der Waals surface area contributed by atoms with E-state index in [1.807, 2.05) is 13.0 Å². The third-order valence-electron chi connectivity index (χ3n) is 4.55. The fourth-order valence-corrected chi connectivity index (χ4v) is 4.02. The van der Waals surface area contributed by atoms with Gasteiger partial charge < -0.3 is 4.57 Å². The van der Waals surface area contributed by atoms with E-state index in [0.717, 1.165) is 24.2 Å². The summed E-state index contributed by atoms with van der Waals surface area (Å²) in [5, 5.41) is -0.173. The summed E-state index contributed by atoms with van der Waals surface area (Å²) >= 11 is 6.33. The number of alkyl halides is 1. The molecule has 0 aliphatic heterocycles. The average Bonchev–Trinajstić information content (AvgIpc) is 2.76. The molecule has 1 saturated carbocycles. The molecule has 114 valence electrons. The molecule has 0 N–H and O–H groups in total. The number of benzene rings is 1. The highest BCUT2D eigenvalue weighted by Gasteiger charge is 2.29. The van der Waals surface area contributed by atoms with Gasteiger partial charge in [0, 0.05) is 12.1 Å². The lowest BCUT2D eigenvalue weighted by Crippen LogP contribution is -2.24. The predicted molar refractivity (Wildman–Crippen MR) is 85.2 cm³/mol. The first-order valence-electron chi connectivity index (χ1n) is 7.77. The molecular weight excluding hydrogens is 287 g/mol. The smallest absolute Gasteiger partial charge is 0.127 e. The van der Waals surface area contributed by atoms with Crippen LogP contribution in [-0.4, -0.2) is 9.55 Å². The predicted octanol–water partition coefficient (Wildman–Crippen LogP) is 5.47. The summed E-state index contributed by atoms with van der Waals surface area (Å²) in [7, 11) is 0. The van der Waals surface area contributed by atoms with E-state index in [0.29, 0.717) is 23.4 Å². The van der Waals surface area contributed by atoms with E-state index in [-0.39, 0.29) is 11.2 Å². The second-order valence-electron chi connectivity index (χ2n) is 6.66. The number of hydrogen-bond acceptors (Lipinski definition) is 1. The Labute approximate surface area is 130 Å². The van der Waals surface area contributed by atoms with E-state index in [2.05, 4.69) is 23.4 Å². The molecule has 2 aromatic rings. The van der Waals surface area contributed by atoms with E-state index in [4.69, 9.17) is 11.6 Å². The lowest BCUT2D eigenvalue weighted by Gasteiger charge is -2.33. The van der Waals surface area contributed by atoms with Gasteiger partial charge >= 0.3 is 0 Å². The van der Waals surface area contributed by atoms with Crippen molar-refractivity contribution >= 4 is 22.6 Å². The van der Waals surface area contributed by atoms with E-state index < -0.39 is 0 Å². The van der Waals surface area contributed by atoms with Crippen molar-refractivity contribution in [3.8, 4) is 0 Å². The zero-order valence-electron chi connectivity index (χ0n) is 12.8. The molecule has 4 heteroatoms. The fourth-order valence-electron chi connectivity index (χ4n) is 3.87. The van der Waals surface area contributed by atoms with Crippen LogP contribution >= 0.6 is 11.6 Å². The Balaban J connectivity index is 2.13. The van der Waals surface area contributed by atoms with Crippen LogP contribution in [0.1, 0.15) is 57.3 Å². The molecule has 0 saturated heterocycles. The van der Waals surface area contributed by atoms with E-state index in [1.54, 1.807) is 0 Å². The van der Waals surface area contributed by atoms with Gasteiger partial charge in [-0.25, -0.2) is 9.37 Å². The summed E-state index contributed by atoms with van der Waals surface area (Å²) in [6.45, 7) is 6.56. The number of fused-ring (bicyclic) bond motifs is 1. The van der Waals surface area contributed by atoms with Gasteiger partial charge in [0.1, 0.15) is 11.6 Å². The number of halogens is 2. The van der Waals surface area contributed by atoms with Gasteiger partial charge in [-0.1, -0.05) is 13.8 Å². The van der Waals surface area contributed by atoms with E-state index >= 15 is 0 Å². The minimum Gasteiger partial charge on any atom is -0.324 e. The van der Waals surface area contributed by atoms with E-state index in [1.165, 1.54) is 18.6 Å². The van der Waals surface area contributed by atoms with Crippen LogP contribution in [0.25, 0.3) is 11.0 Å². The Kier molecular flexibility index (Phi) is 3.96. The standard InChI is InChI=1S/C17H22ClFN2/c1-10-6-11(2)8-14(7-10)21-16-5-4-13(19)9-15(16)20-17(21)12(3)18/h4-5,9-12,14H,6-8H2,1-3H3. The van der Waals surface area contributed by atoms with Crippen LogP contribution in [0.5, 0.6) is 0 Å². The molecule has 0 bridgehead atoms. The molecule has 1 aromatic heterocycles. The summed E-state index contributed by atoms with van der Waals surface area (Å²) < 4.78 is 15.7. The van der Waals surface area contributed by atoms with Gasteiger partial charge in [0.2, 0.25) is 0 Å². The Morgan fingerprint density at radius 3 is 2.52 bits per heavy atom. The van der Waals surface area contributed by atoms with Crippen molar-refractivity contribution in [1.29, 1.82) is 0 Å². The second kappa shape index (κ2) is 5.60. The molecule has 0 radical (unpaired) electrons. The first-order chi connectivity index (χ1) is 9.95. The van der Waals surface area contributed by atoms with Crippen molar-refractivity contribution < 1.29 is 4.39 Å². The zero-order chi connectivity index (χ0) is 15.1. The van der Waals surface area contributed by atoms with Crippen LogP contribution in [-0.2, 0) is 0 Å². The molecule has 1 aliphatic carbocycles. The topological polar surface area (TPSA) is 17.8 Å². The van der Waals surface area contributed by atoms with Crippen LogP contribution in [0.15, 0.2) is 18.2 Å². The molecule has 1 aliphatic rings. The summed E-state index contributed by atoms with van der Waals surface area (Å²) in [5.41, 5.74) is 1.72. The Hall–Kier alpha value is -1.09. The van der Waals surface area contributed by atoms with Gasteiger partial charge in [0.05, 0.1) is 16.4 Å². The number of nitrogens with zero attached hydrogens (tertiary/aromatic N) is 2. The zero-order valence-corrected chi connectivity index (χ0v) is 13.6. The molecule has 1 aromatic carbocycles. The third-order valence-corrected chi connectivity index (χ3v) is 4.75. The highest BCUT2D eigenvalue weighted by atomic mass is 35.5. The summed E-state index contributed by atoms with van der Waals surface area (Å²) in [4.78, 5) is 4.59. The Morgan fingerprint density at radius 2 is 1.90 bits per heavy atom.